The van der Waals surface area contributed by atoms with Gasteiger partial charge in [-0.15, -0.1) is 0 Å². The number of aromatic nitrogens is 2. The van der Waals surface area contributed by atoms with Gasteiger partial charge in [0.2, 0.25) is 0 Å². The van der Waals surface area contributed by atoms with Crippen LogP contribution in [-0.4, -0.2) is 16.0 Å². The molecule has 3 N–H and O–H groups in total. The van der Waals surface area contributed by atoms with Crippen LogP contribution in [0.4, 0.5) is 28.9 Å². The van der Waals surface area contributed by atoms with E-state index in [-0.39, 0.29) is 22.8 Å². The van der Waals surface area contributed by atoms with E-state index < -0.39 is 12.2 Å². The first kappa shape index (κ1) is 19.8. The monoisotopic (exact) mass is 414 g/mol. The second-order valence-corrected chi connectivity index (χ2v) is 7.01. The van der Waals surface area contributed by atoms with Crippen molar-refractivity contribution in [3.8, 4) is 5.69 Å². The molecule has 0 amide bonds. The first-order chi connectivity index (χ1) is 14.2. The van der Waals surface area contributed by atoms with Crippen molar-refractivity contribution in [2.75, 3.05) is 11.1 Å². The number of hydrogen-bond donors (Lipinski definition) is 2. The van der Waals surface area contributed by atoms with Crippen molar-refractivity contribution in [1.29, 1.82) is 0 Å². The van der Waals surface area contributed by atoms with Crippen LogP contribution < -0.4 is 11.1 Å². The largest absolute Gasteiger partial charge is 0.412 e. The highest BCUT2D eigenvalue weighted by Gasteiger charge is 2.41. The summed E-state index contributed by atoms with van der Waals surface area (Å²) in [6.07, 6.45) is -3.06. The van der Waals surface area contributed by atoms with Gasteiger partial charge in [0.1, 0.15) is 11.9 Å². The van der Waals surface area contributed by atoms with Crippen molar-refractivity contribution < 1.29 is 17.6 Å². The molecule has 0 saturated heterocycles. The minimum absolute atomic E-state index is 0.0382. The Morgan fingerprint density at radius 3 is 2.43 bits per heavy atom. The van der Waals surface area contributed by atoms with E-state index in [1.165, 1.54) is 30.5 Å². The van der Waals surface area contributed by atoms with Gasteiger partial charge in [-0.05, 0) is 60.5 Å². The van der Waals surface area contributed by atoms with Crippen LogP contribution in [0, 0.1) is 12.7 Å². The van der Waals surface area contributed by atoms with E-state index in [4.69, 9.17) is 5.73 Å². The fourth-order valence-corrected chi connectivity index (χ4v) is 3.41. The SMILES string of the molecule is Cc1cccc(N)c1NC(c1ccc2c(cnn2-c2ccc(F)cc2)c1)C(F)(F)F. The molecule has 0 aliphatic carbocycles. The van der Waals surface area contributed by atoms with E-state index in [0.29, 0.717) is 22.2 Å². The van der Waals surface area contributed by atoms with Gasteiger partial charge in [-0.25, -0.2) is 9.07 Å². The molecule has 0 aliphatic heterocycles. The highest BCUT2D eigenvalue weighted by molar-refractivity contribution is 5.81. The normalized spacial score (nSPS) is 12.8. The number of nitrogen functional groups attached to an aromatic ring is 1. The predicted octanol–water partition coefficient (Wildman–Crippen LogP) is 5.77. The Labute approximate surface area is 169 Å². The number of rotatable bonds is 4. The van der Waals surface area contributed by atoms with Gasteiger partial charge in [0.15, 0.2) is 0 Å². The molecule has 30 heavy (non-hydrogen) atoms. The molecule has 8 heteroatoms. The van der Waals surface area contributed by atoms with E-state index >= 15 is 0 Å². The zero-order valence-corrected chi connectivity index (χ0v) is 15.9. The number of aryl methyl sites for hydroxylation is 1. The summed E-state index contributed by atoms with van der Waals surface area (Å²) < 4.78 is 56.4. The molecule has 4 rings (SSSR count). The van der Waals surface area contributed by atoms with Crippen molar-refractivity contribution in [3.05, 3.63) is 83.8 Å². The summed E-state index contributed by atoms with van der Waals surface area (Å²) in [7, 11) is 0. The van der Waals surface area contributed by atoms with Gasteiger partial charge in [-0.2, -0.15) is 18.3 Å². The summed E-state index contributed by atoms with van der Waals surface area (Å²) in [6, 6.07) is 13.1. The second-order valence-electron chi connectivity index (χ2n) is 7.01. The van der Waals surface area contributed by atoms with Crippen molar-refractivity contribution in [2.45, 2.75) is 19.1 Å². The second kappa shape index (κ2) is 7.37. The van der Waals surface area contributed by atoms with Gasteiger partial charge >= 0.3 is 6.18 Å². The van der Waals surface area contributed by atoms with E-state index in [2.05, 4.69) is 10.4 Å². The molecule has 1 aromatic heterocycles. The van der Waals surface area contributed by atoms with E-state index in [0.717, 1.165) is 0 Å². The van der Waals surface area contributed by atoms with Crippen LogP contribution >= 0.6 is 0 Å². The van der Waals surface area contributed by atoms with E-state index in [1.54, 1.807) is 48.0 Å². The first-order valence-electron chi connectivity index (χ1n) is 9.16. The lowest BCUT2D eigenvalue weighted by molar-refractivity contribution is -0.143. The molecule has 154 valence electrons. The Bertz CT molecular complexity index is 1180. The number of anilines is 2. The van der Waals surface area contributed by atoms with Gasteiger partial charge in [-0.3, -0.25) is 0 Å². The highest BCUT2D eigenvalue weighted by atomic mass is 19.4. The van der Waals surface area contributed by atoms with Gasteiger partial charge in [0.25, 0.3) is 0 Å². The smallest absolute Gasteiger partial charge is 0.397 e. The quantitative estimate of drug-likeness (QED) is 0.329. The van der Waals surface area contributed by atoms with Crippen molar-refractivity contribution in [1.82, 2.24) is 9.78 Å². The molecule has 3 aromatic carbocycles. The Kier molecular flexibility index (Phi) is 4.85. The topological polar surface area (TPSA) is 55.9 Å². The summed E-state index contributed by atoms with van der Waals surface area (Å²) in [6.45, 7) is 1.70. The fourth-order valence-electron chi connectivity index (χ4n) is 3.41. The average molecular weight is 414 g/mol. The molecule has 0 fully saturated rings. The zero-order valence-electron chi connectivity index (χ0n) is 15.9. The molecular weight excluding hydrogens is 396 g/mol. The molecule has 0 radical (unpaired) electrons. The summed E-state index contributed by atoms with van der Waals surface area (Å²) >= 11 is 0. The zero-order chi connectivity index (χ0) is 21.5. The number of alkyl halides is 3. The standard InChI is InChI=1S/C22H18F4N4/c1-13-3-2-4-18(27)20(13)29-21(22(24,25)26)14-5-10-19-15(11-14)12-28-30(19)17-8-6-16(23)7-9-17/h2-12,21,29H,27H2,1H3. The van der Waals surface area contributed by atoms with Crippen molar-refractivity contribution in [3.63, 3.8) is 0 Å². The molecule has 0 spiro atoms. The lowest BCUT2D eigenvalue weighted by Crippen LogP contribution is -2.28. The van der Waals surface area contributed by atoms with Crippen LogP contribution in [0.5, 0.6) is 0 Å². The third-order valence-electron chi connectivity index (χ3n) is 4.92. The lowest BCUT2D eigenvalue weighted by Gasteiger charge is -2.25. The van der Waals surface area contributed by atoms with Gasteiger partial charge in [0.05, 0.1) is 28.8 Å². The highest BCUT2D eigenvalue weighted by Crippen LogP contribution is 2.39. The number of fused-ring (bicyclic) bond motifs is 1. The summed E-state index contributed by atoms with van der Waals surface area (Å²) in [5, 5.41) is 7.34. The van der Waals surface area contributed by atoms with Gasteiger partial charge in [0, 0.05) is 5.39 Å². The Hall–Kier alpha value is -3.55. The number of nitrogens with zero attached hydrogens (tertiary/aromatic N) is 2. The number of para-hydroxylation sites is 1. The summed E-state index contributed by atoms with van der Waals surface area (Å²) in [4.78, 5) is 0. The number of halogens is 4. The maximum Gasteiger partial charge on any atom is 0.412 e. The van der Waals surface area contributed by atoms with E-state index in [1.807, 2.05) is 0 Å². The minimum atomic E-state index is -4.55. The Morgan fingerprint density at radius 2 is 1.77 bits per heavy atom. The summed E-state index contributed by atoms with van der Waals surface area (Å²) in [5.41, 5.74) is 8.27. The first-order valence-corrected chi connectivity index (χ1v) is 9.16. The molecule has 0 saturated carbocycles. The van der Waals surface area contributed by atoms with Crippen LogP contribution in [0.2, 0.25) is 0 Å². The molecule has 0 aliphatic rings. The van der Waals surface area contributed by atoms with Crippen LogP contribution in [-0.2, 0) is 0 Å². The van der Waals surface area contributed by atoms with Crippen LogP contribution in [0.1, 0.15) is 17.2 Å². The number of benzene rings is 3. The van der Waals surface area contributed by atoms with Gasteiger partial charge < -0.3 is 11.1 Å². The fraction of sp³-hybridized carbons (Fsp3) is 0.136. The molecular formula is C22H18F4N4. The molecule has 1 heterocycles. The van der Waals surface area contributed by atoms with Crippen molar-refractivity contribution in [2.24, 2.45) is 0 Å². The maximum atomic E-state index is 13.9. The third-order valence-corrected chi connectivity index (χ3v) is 4.92. The molecule has 0 bridgehead atoms. The molecule has 1 unspecified atom stereocenters. The molecule has 4 nitrogen and oxygen atoms in total. The molecule has 4 aromatic rings. The maximum absolute atomic E-state index is 13.9. The minimum Gasteiger partial charge on any atom is -0.397 e. The van der Waals surface area contributed by atoms with Crippen LogP contribution in [0.25, 0.3) is 16.6 Å². The third kappa shape index (κ3) is 3.68. The van der Waals surface area contributed by atoms with Crippen LogP contribution in [0.15, 0.2) is 66.9 Å². The van der Waals surface area contributed by atoms with Crippen LogP contribution in [0.3, 0.4) is 0 Å². The summed E-state index contributed by atoms with van der Waals surface area (Å²) in [5.74, 6) is -0.382. The molecule has 1 atom stereocenters. The lowest BCUT2D eigenvalue weighted by atomic mass is 10.0. The Morgan fingerprint density at radius 1 is 1.03 bits per heavy atom. The number of nitrogens with two attached hydrogens (primary N) is 1. The van der Waals surface area contributed by atoms with Crippen molar-refractivity contribution >= 4 is 22.3 Å². The average Bonchev–Trinajstić information content (AvgIpc) is 3.10. The van der Waals surface area contributed by atoms with Gasteiger partial charge in [-0.1, -0.05) is 18.2 Å². The van der Waals surface area contributed by atoms with E-state index in [9.17, 15) is 17.6 Å². The Balaban J connectivity index is 1.75. The number of nitrogens with one attached hydrogen (secondary N) is 1. The predicted molar refractivity (Wildman–Crippen MR) is 109 cm³/mol. The number of hydrogen-bond acceptors (Lipinski definition) is 3.